The van der Waals surface area contributed by atoms with Crippen LogP contribution in [0.1, 0.15) is 16.1 Å². The fourth-order valence-corrected chi connectivity index (χ4v) is 4.81. The highest BCUT2D eigenvalue weighted by molar-refractivity contribution is 7.89. The maximum atomic E-state index is 13.0. The number of fused-ring (bicyclic) bond motifs is 1. The van der Waals surface area contributed by atoms with Crippen LogP contribution >= 0.6 is 23.2 Å². The number of para-hydroxylation sites is 1. The van der Waals surface area contributed by atoms with Gasteiger partial charge in [-0.1, -0.05) is 53.5 Å². The van der Waals surface area contributed by atoms with Crippen LogP contribution in [0.4, 0.5) is 0 Å². The predicted octanol–water partition coefficient (Wildman–Crippen LogP) is 4.36. The maximum Gasteiger partial charge on any atom is 0.346 e. The van der Waals surface area contributed by atoms with Gasteiger partial charge in [-0.2, -0.15) is 10.2 Å². The Hall–Kier alpha value is -4.29. The van der Waals surface area contributed by atoms with Crippen molar-refractivity contribution in [3.05, 3.63) is 111 Å². The minimum atomic E-state index is -3.90. The van der Waals surface area contributed by atoms with Crippen LogP contribution < -0.4 is 16.2 Å². The smallest absolute Gasteiger partial charge is 0.346 e. The number of halogens is 2. The van der Waals surface area contributed by atoms with Gasteiger partial charge >= 0.3 is 5.63 Å². The van der Waals surface area contributed by atoms with E-state index in [0.29, 0.717) is 32.9 Å². The Balaban J connectivity index is 1.49. The van der Waals surface area contributed by atoms with Crippen molar-refractivity contribution in [2.24, 2.45) is 10.2 Å². The highest BCUT2D eigenvalue weighted by Crippen LogP contribution is 2.30. The standard InChI is InChI=1S/C26H17Cl2N5O5S/c27-20-7-3-1-5-17(20)22-13-21(32-33(22)15-9-11-16(12-10-15)39(29,36)37)25(34)31-30-14-19-24(28)18-6-2-4-8-23(18)38-26(19)35/h1-14H,(H,31,34)(H2,29,36,37)/b30-14+. The molecule has 196 valence electrons. The summed E-state index contributed by atoms with van der Waals surface area (Å²) in [6, 6.07) is 20.8. The van der Waals surface area contributed by atoms with Crippen LogP contribution in [0.2, 0.25) is 10.0 Å². The molecule has 0 aliphatic heterocycles. The lowest BCUT2D eigenvalue weighted by atomic mass is 10.1. The van der Waals surface area contributed by atoms with Crippen LogP contribution in [-0.2, 0) is 10.0 Å². The Labute approximate surface area is 231 Å². The van der Waals surface area contributed by atoms with Crippen molar-refractivity contribution in [1.82, 2.24) is 15.2 Å². The monoisotopic (exact) mass is 581 g/mol. The average Bonchev–Trinajstić information content (AvgIpc) is 3.36. The number of aromatic nitrogens is 2. The zero-order valence-corrected chi connectivity index (χ0v) is 22.0. The number of hydrogen-bond acceptors (Lipinski definition) is 7. The molecule has 0 aliphatic rings. The highest BCUT2D eigenvalue weighted by atomic mass is 35.5. The van der Waals surface area contributed by atoms with Crippen LogP contribution in [0, 0.1) is 0 Å². The number of carbonyl (C=O) groups excluding carboxylic acids is 1. The van der Waals surface area contributed by atoms with Crippen molar-refractivity contribution >= 4 is 56.3 Å². The first-order chi connectivity index (χ1) is 18.6. The Morgan fingerprint density at radius 2 is 1.72 bits per heavy atom. The number of hydrazone groups is 1. The van der Waals surface area contributed by atoms with Gasteiger partial charge in [0.25, 0.3) is 5.91 Å². The van der Waals surface area contributed by atoms with E-state index in [0.717, 1.165) is 6.21 Å². The molecule has 39 heavy (non-hydrogen) atoms. The van der Waals surface area contributed by atoms with E-state index in [2.05, 4.69) is 15.6 Å². The summed E-state index contributed by atoms with van der Waals surface area (Å²) in [4.78, 5) is 25.2. The fourth-order valence-electron chi connectivity index (χ4n) is 3.78. The summed E-state index contributed by atoms with van der Waals surface area (Å²) >= 11 is 12.8. The lowest BCUT2D eigenvalue weighted by molar-refractivity contribution is 0.0949. The van der Waals surface area contributed by atoms with Gasteiger partial charge in [0.05, 0.1) is 33.1 Å². The number of nitrogens with one attached hydrogen (secondary N) is 1. The summed E-state index contributed by atoms with van der Waals surface area (Å²) in [5.41, 5.74) is 3.34. The molecule has 0 saturated heterocycles. The number of sulfonamides is 1. The minimum Gasteiger partial charge on any atom is -0.422 e. The summed E-state index contributed by atoms with van der Waals surface area (Å²) in [6.45, 7) is 0. The van der Waals surface area contributed by atoms with Crippen LogP contribution in [0.25, 0.3) is 27.9 Å². The van der Waals surface area contributed by atoms with Crippen LogP contribution in [0.3, 0.4) is 0 Å². The van der Waals surface area contributed by atoms with Crippen molar-refractivity contribution < 1.29 is 17.6 Å². The summed E-state index contributed by atoms with van der Waals surface area (Å²) in [6.07, 6.45) is 1.09. The molecule has 0 spiro atoms. The van der Waals surface area contributed by atoms with Crippen molar-refractivity contribution in [2.75, 3.05) is 0 Å². The van der Waals surface area contributed by atoms with Gasteiger partial charge in [0.15, 0.2) is 5.69 Å². The second kappa shape index (κ2) is 10.5. The van der Waals surface area contributed by atoms with E-state index in [-0.39, 0.29) is 21.2 Å². The van der Waals surface area contributed by atoms with Gasteiger partial charge in [0.1, 0.15) is 5.58 Å². The highest BCUT2D eigenvalue weighted by Gasteiger charge is 2.19. The van der Waals surface area contributed by atoms with Crippen molar-refractivity contribution in [2.45, 2.75) is 4.90 Å². The number of nitrogens with two attached hydrogens (primary N) is 1. The average molecular weight is 582 g/mol. The number of benzene rings is 3. The summed E-state index contributed by atoms with van der Waals surface area (Å²) in [7, 11) is -3.90. The summed E-state index contributed by atoms with van der Waals surface area (Å²) < 4.78 is 30.0. The zero-order chi connectivity index (χ0) is 27.7. The SMILES string of the molecule is NS(=O)(=O)c1ccc(-n2nc(C(=O)N/N=C/c3c(Cl)c4ccccc4oc3=O)cc2-c2ccccc2Cl)cc1. The third kappa shape index (κ3) is 5.33. The molecule has 0 aliphatic carbocycles. The molecule has 0 saturated carbocycles. The van der Waals surface area contributed by atoms with Gasteiger partial charge < -0.3 is 4.42 Å². The van der Waals surface area contributed by atoms with Gasteiger partial charge in [-0.3, -0.25) is 4.79 Å². The maximum absolute atomic E-state index is 13.0. The third-order valence-electron chi connectivity index (χ3n) is 5.64. The van der Waals surface area contributed by atoms with Gasteiger partial charge in [-0.25, -0.2) is 28.5 Å². The van der Waals surface area contributed by atoms with E-state index in [1.165, 1.54) is 35.0 Å². The first kappa shape index (κ1) is 26.3. The number of nitrogens with zero attached hydrogens (tertiary/aromatic N) is 3. The molecule has 0 fully saturated rings. The van der Waals surface area contributed by atoms with Gasteiger partial charge in [0.2, 0.25) is 10.0 Å². The van der Waals surface area contributed by atoms with Crippen LogP contribution in [0.15, 0.2) is 98.1 Å². The molecule has 3 N–H and O–H groups in total. The molecule has 0 radical (unpaired) electrons. The van der Waals surface area contributed by atoms with Gasteiger partial charge in [-0.05, 0) is 48.5 Å². The first-order valence-electron chi connectivity index (χ1n) is 11.2. The predicted molar refractivity (Wildman–Crippen MR) is 148 cm³/mol. The van der Waals surface area contributed by atoms with Crippen molar-refractivity contribution in [3.8, 4) is 16.9 Å². The molecule has 2 heterocycles. The number of hydrogen-bond donors (Lipinski definition) is 2. The number of amides is 1. The van der Waals surface area contributed by atoms with E-state index in [9.17, 15) is 18.0 Å². The Morgan fingerprint density at radius 1 is 1.03 bits per heavy atom. The Morgan fingerprint density at radius 3 is 2.44 bits per heavy atom. The van der Waals surface area contributed by atoms with Crippen LogP contribution in [-0.4, -0.2) is 30.3 Å². The van der Waals surface area contributed by atoms with Crippen molar-refractivity contribution in [1.29, 1.82) is 0 Å². The minimum absolute atomic E-state index is 0.0331. The molecule has 5 aromatic rings. The second-order valence-electron chi connectivity index (χ2n) is 8.16. The molecule has 5 rings (SSSR count). The fraction of sp³-hybridized carbons (Fsp3) is 0. The molecule has 0 bridgehead atoms. The molecule has 0 atom stereocenters. The summed E-state index contributed by atoms with van der Waals surface area (Å²) in [5.74, 6) is -0.694. The zero-order valence-electron chi connectivity index (χ0n) is 19.7. The molecule has 3 aromatic carbocycles. The first-order valence-corrected chi connectivity index (χ1v) is 13.5. The van der Waals surface area contributed by atoms with E-state index in [1.807, 2.05) is 0 Å². The van der Waals surface area contributed by atoms with E-state index < -0.39 is 21.6 Å². The van der Waals surface area contributed by atoms with Crippen LogP contribution in [0.5, 0.6) is 0 Å². The number of carbonyl (C=O) groups is 1. The number of primary sulfonamides is 1. The largest absolute Gasteiger partial charge is 0.422 e. The quantitative estimate of drug-likeness (QED) is 0.173. The normalized spacial score (nSPS) is 11.8. The molecular formula is C26H17Cl2N5O5S. The summed E-state index contributed by atoms with van der Waals surface area (Å²) in [5, 5.41) is 14.5. The molecule has 10 nitrogen and oxygen atoms in total. The van der Waals surface area contributed by atoms with E-state index in [4.69, 9.17) is 32.8 Å². The molecular weight excluding hydrogens is 565 g/mol. The lowest BCUT2D eigenvalue weighted by Gasteiger charge is -2.09. The Bertz CT molecular complexity index is 1930. The Kier molecular flexibility index (Phi) is 7.06. The second-order valence-corrected chi connectivity index (χ2v) is 10.5. The topological polar surface area (TPSA) is 150 Å². The van der Waals surface area contributed by atoms with Crippen molar-refractivity contribution in [3.63, 3.8) is 0 Å². The van der Waals surface area contributed by atoms with E-state index in [1.54, 1.807) is 48.5 Å². The van der Waals surface area contributed by atoms with Gasteiger partial charge in [0, 0.05) is 16.0 Å². The molecule has 0 unspecified atom stereocenters. The van der Waals surface area contributed by atoms with E-state index >= 15 is 0 Å². The molecule has 1 amide bonds. The van der Waals surface area contributed by atoms with Gasteiger partial charge in [-0.15, -0.1) is 0 Å². The molecule has 2 aromatic heterocycles. The number of rotatable bonds is 6. The lowest BCUT2D eigenvalue weighted by Crippen LogP contribution is -2.19. The third-order valence-corrected chi connectivity index (χ3v) is 7.31. The molecule has 13 heteroatoms.